The van der Waals surface area contributed by atoms with Crippen molar-refractivity contribution in [3.8, 4) is 0 Å². The van der Waals surface area contributed by atoms with Crippen LogP contribution in [0.4, 0.5) is 0 Å². The summed E-state index contributed by atoms with van der Waals surface area (Å²) >= 11 is 0. The number of nitrogens with one attached hydrogen (secondary N) is 2. The van der Waals surface area contributed by atoms with Crippen LogP contribution in [-0.4, -0.2) is 25.0 Å². The SMILES string of the molecule is CCCCCCCCC(=O)NC1CNC1. The summed E-state index contributed by atoms with van der Waals surface area (Å²) in [6.45, 7) is 4.12. The smallest absolute Gasteiger partial charge is 0.220 e. The van der Waals surface area contributed by atoms with Crippen LogP contribution in [0.3, 0.4) is 0 Å². The minimum atomic E-state index is 0.233. The molecule has 1 aliphatic heterocycles. The van der Waals surface area contributed by atoms with Crippen LogP contribution in [0.25, 0.3) is 0 Å². The van der Waals surface area contributed by atoms with Crippen LogP contribution >= 0.6 is 0 Å². The van der Waals surface area contributed by atoms with E-state index in [4.69, 9.17) is 0 Å². The highest BCUT2D eigenvalue weighted by Gasteiger charge is 2.17. The van der Waals surface area contributed by atoms with Crippen molar-refractivity contribution in [2.24, 2.45) is 0 Å². The molecule has 2 N–H and O–H groups in total. The topological polar surface area (TPSA) is 41.1 Å². The lowest BCUT2D eigenvalue weighted by Crippen LogP contribution is -2.56. The Morgan fingerprint density at radius 2 is 1.87 bits per heavy atom. The fourth-order valence-electron chi connectivity index (χ4n) is 1.76. The van der Waals surface area contributed by atoms with Crippen molar-refractivity contribution in [2.45, 2.75) is 57.9 Å². The standard InChI is InChI=1S/C12H24N2O/c1-2-3-4-5-6-7-8-12(15)14-11-9-13-10-11/h11,13H,2-10H2,1H3,(H,14,15). The molecule has 1 fully saturated rings. The van der Waals surface area contributed by atoms with Gasteiger partial charge in [-0.05, 0) is 6.42 Å². The largest absolute Gasteiger partial charge is 0.351 e. The number of hydrogen-bond acceptors (Lipinski definition) is 2. The molecule has 0 atom stereocenters. The van der Waals surface area contributed by atoms with Gasteiger partial charge >= 0.3 is 0 Å². The molecule has 0 bridgehead atoms. The van der Waals surface area contributed by atoms with Crippen LogP contribution in [0.15, 0.2) is 0 Å². The number of rotatable bonds is 8. The second kappa shape index (κ2) is 7.69. The zero-order valence-corrected chi connectivity index (χ0v) is 9.85. The Morgan fingerprint density at radius 3 is 2.47 bits per heavy atom. The molecule has 0 aromatic rings. The third-order valence-corrected chi connectivity index (χ3v) is 2.90. The molecule has 1 aliphatic rings. The molecule has 0 radical (unpaired) electrons. The summed E-state index contributed by atoms with van der Waals surface area (Å²) in [6.07, 6.45) is 8.19. The number of amides is 1. The molecule has 1 heterocycles. The molecule has 1 amide bonds. The van der Waals surface area contributed by atoms with Crippen LogP contribution < -0.4 is 10.6 Å². The van der Waals surface area contributed by atoms with E-state index in [2.05, 4.69) is 17.6 Å². The van der Waals surface area contributed by atoms with E-state index in [-0.39, 0.29) is 5.91 Å². The quantitative estimate of drug-likeness (QED) is 0.603. The van der Waals surface area contributed by atoms with Gasteiger partial charge in [0, 0.05) is 19.5 Å². The molecule has 0 aliphatic carbocycles. The second-order valence-electron chi connectivity index (χ2n) is 4.44. The Hall–Kier alpha value is -0.570. The Balaban J connectivity index is 1.83. The molecule has 3 heteroatoms. The van der Waals surface area contributed by atoms with Crippen molar-refractivity contribution >= 4 is 5.91 Å². The molecule has 1 rings (SSSR count). The Kier molecular flexibility index (Phi) is 6.41. The third-order valence-electron chi connectivity index (χ3n) is 2.90. The molecular formula is C12H24N2O. The molecule has 0 saturated carbocycles. The van der Waals surface area contributed by atoms with Crippen molar-refractivity contribution in [1.29, 1.82) is 0 Å². The van der Waals surface area contributed by atoms with Crippen molar-refractivity contribution < 1.29 is 4.79 Å². The van der Waals surface area contributed by atoms with E-state index in [0.717, 1.165) is 19.5 Å². The van der Waals surface area contributed by atoms with Crippen LogP contribution in [0.1, 0.15) is 51.9 Å². The summed E-state index contributed by atoms with van der Waals surface area (Å²) in [6, 6.07) is 0.401. The molecule has 3 nitrogen and oxygen atoms in total. The first-order valence-electron chi connectivity index (χ1n) is 6.33. The predicted molar refractivity (Wildman–Crippen MR) is 62.8 cm³/mol. The van der Waals surface area contributed by atoms with Gasteiger partial charge in [-0.3, -0.25) is 4.79 Å². The van der Waals surface area contributed by atoms with Crippen LogP contribution in [0.2, 0.25) is 0 Å². The van der Waals surface area contributed by atoms with Crippen molar-refractivity contribution in [3.05, 3.63) is 0 Å². The Bertz CT molecular complexity index is 178. The van der Waals surface area contributed by atoms with Gasteiger partial charge in [0.25, 0.3) is 0 Å². The van der Waals surface area contributed by atoms with Crippen LogP contribution in [0.5, 0.6) is 0 Å². The molecule has 0 aromatic carbocycles. The van der Waals surface area contributed by atoms with Gasteiger partial charge in [-0.1, -0.05) is 39.0 Å². The monoisotopic (exact) mass is 212 g/mol. The molecule has 15 heavy (non-hydrogen) atoms. The fraction of sp³-hybridized carbons (Fsp3) is 0.917. The minimum Gasteiger partial charge on any atom is -0.351 e. The van der Waals surface area contributed by atoms with E-state index in [9.17, 15) is 4.79 Å². The average molecular weight is 212 g/mol. The number of carbonyl (C=O) groups is 1. The summed E-state index contributed by atoms with van der Waals surface area (Å²) < 4.78 is 0. The highest BCUT2D eigenvalue weighted by atomic mass is 16.1. The lowest BCUT2D eigenvalue weighted by atomic mass is 10.1. The maximum Gasteiger partial charge on any atom is 0.220 e. The predicted octanol–water partition coefficient (Wildman–Crippen LogP) is 1.82. The van der Waals surface area contributed by atoms with Gasteiger partial charge in [-0.15, -0.1) is 0 Å². The van der Waals surface area contributed by atoms with Gasteiger partial charge in [0.1, 0.15) is 0 Å². The summed E-state index contributed by atoms with van der Waals surface area (Å²) in [5.74, 6) is 0.233. The highest BCUT2D eigenvalue weighted by molar-refractivity contribution is 5.76. The first-order valence-corrected chi connectivity index (χ1v) is 6.33. The first-order chi connectivity index (χ1) is 7.33. The number of unbranched alkanes of at least 4 members (excludes halogenated alkanes) is 5. The van der Waals surface area contributed by atoms with Gasteiger partial charge in [-0.25, -0.2) is 0 Å². The Morgan fingerprint density at radius 1 is 1.20 bits per heavy atom. The second-order valence-corrected chi connectivity index (χ2v) is 4.44. The molecule has 0 aromatic heterocycles. The van der Waals surface area contributed by atoms with Gasteiger partial charge in [0.15, 0.2) is 0 Å². The van der Waals surface area contributed by atoms with Crippen molar-refractivity contribution in [2.75, 3.05) is 13.1 Å². The normalized spacial score (nSPS) is 16.1. The maximum atomic E-state index is 11.4. The summed E-state index contributed by atoms with van der Waals surface area (Å²) in [5.41, 5.74) is 0. The van der Waals surface area contributed by atoms with E-state index in [1.807, 2.05) is 0 Å². The van der Waals surface area contributed by atoms with E-state index in [1.54, 1.807) is 0 Å². The summed E-state index contributed by atoms with van der Waals surface area (Å²) in [7, 11) is 0. The molecule has 0 spiro atoms. The van der Waals surface area contributed by atoms with E-state index in [0.29, 0.717) is 12.5 Å². The fourth-order valence-corrected chi connectivity index (χ4v) is 1.76. The average Bonchev–Trinajstić information content (AvgIpc) is 2.17. The number of carbonyl (C=O) groups excluding carboxylic acids is 1. The van der Waals surface area contributed by atoms with Crippen molar-refractivity contribution in [3.63, 3.8) is 0 Å². The van der Waals surface area contributed by atoms with Gasteiger partial charge in [0.2, 0.25) is 5.91 Å². The van der Waals surface area contributed by atoms with Crippen LogP contribution in [-0.2, 0) is 4.79 Å². The molecule has 0 unspecified atom stereocenters. The van der Waals surface area contributed by atoms with Crippen molar-refractivity contribution in [1.82, 2.24) is 10.6 Å². The third kappa shape index (κ3) is 5.78. The van der Waals surface area contributed by atoms with E-state index >= 15 is 0 Å². The number of hydrogen-bond donors (Lipinski definition) is 2. The molecule has 88 valence electrons. The van der Waals surface area contributed by atoms with Gasteiger partial charge in [0.05, 0.1) is 6.04 Å². The summed E-state index contributed by atoms with van der Waals surface area (Å²) in [4.78, 5) is 11.4. The van der Waals surface area contributed by atoms with E-state index in [1.165, 1.54) is 32.1 Å². The minimum absolute atomic E-state index is 0.233. The van der Waals surface area contributed by atoms with Crippen LogP contribution in [0, 0.1) is 0 Å². The maximum absolute atomic E-state index is 11.4. The summed E-state index contributed by atoms with van der Waals surface area (Å²) in [5, 5.41) is 6.16. The lowest BCUT2D eigenvalue weighted by molar-refractivity contribution is -0.122. The zero-order chi connectivity index (χ0) is 10.9. The first kappa shape index (κ1) is 12.5. The Labute approximate surface area is 93.0 Å². The van der Waals surface area contributed by atoms with E-state index < -0.39 is 0 Å². The highest BCUT2D eigenvalue weighted by Crippen LogP contribution is 2.06. The molecular weight excluding hydrogens is 188 g/mol. The zero-order valence-electron chi connectivity index (χ0n) is 9.85. The molecule has 1 saturated heterocycles. The lowest BCUT2D eigenvalue weighted by Gasteiger charge is -2.27. The van der Waals surface area contributed by atoms with Gasteiger partial charge in [-0.2, -0.15) is 0 Å². The van der Waals surface area contributed by atoms with Gasteiger partial charge < -0.3 is 10.6 Å².